The van der Waals surface area contributed by atoms with Gasteiger partial charge in [0.1, 0.15) is 11.5 Å². The van der Waals surface area contributed by atoms with E-state index in [0.717, 1.165) is 12.6 Å². The van der Waals surface area contributed by atoms with E-state index in [9.17, 15) is 18.0 Å². The van der Waals surface area contributed by atoms with Crippen LogP contribution in [0, 0.1) is 5.92 Å². The maximum atomic E-state index is 13.4. The molecule has 1 aliphatic heterocycles. The van der Waals surface area contributed by atoms with Gasteiger partial charge in [0, 0.05) is 43.6 Å². The average Bonchev–Trinajstić information content (AvgIpc) is 3.52. The molecule has 2 fully saturated rings. The third-order valence-corrected chi connectivity index (χ3v) is 5.05. The van der Waals surface area contributed by atoms with Crippen molar-refractivity contribution in [3.63, 3.8) is 0 Å². The van der Waals surface area contributed by atoms with Crippen LogP contribution in [-0.4, -0.2) is 41.4 Å². The fourth-order valence-corrected chi connectivity index (χ4v) is 3.46. The van der Waals surface area contributed by atoms with Gasteiger partial charge in [0.05, 0.1) is 5.56 Å². The Hall–Kier alpha value is -2.48. The predicted molar refractivity (Wildman–Crippen MR) is 93.6 cm³/mol. The van der Waals surface area contributed by atoms with Crippen LogP contribution < -0.4 is 10.2 Å². The zero-order valence-electron chi connectivity index (χ0n) is 14.5. The smallest absolute Gasteiger partial charge is 0.354 e. The quantitative estimate of drug-likeness (QED) is 0.832. The molecule has 4 rings (SSSR count). The summed E-state index contributed by atoms with van der Waals surface area (Å²) in [6, 6.07) is 5.59. The standard InChI is InChI=1S/C19H19F3N4O/c20-19(21,22)14-5-6-16(26-9-8-24-15(11-26)12-3-4-12)25-17(14)18(27)13-2-1-7-23-10-13/h1-2,5-7,10,12,15,24H,3-4,8-9,11H2. The lowest BCUT2D eigenvalue weighted by atomic mass is 10.0. The van der Waals surface area contributed by atoms with Crippen molar-refractivity contribution in [3.05, 3.63) is 53.5 Å². The number of hydrogen-bond donors (Lipinski definition) is 1. The van der Waals surface area contributed by atoms with Crippen molar-refractivity contribution >= 4 is 11.6 Å². The van der Waals surface area contributed by atoms with Crippen LogP contribution in [0.4, 0.5) is 19.0 Å². The molecule has 27 heavy (non-hydrogen) atoms. The zero-order valence-corrected chi connectivity index (χ0v) is 14.5. The van der Waals surface area contributed by atoms with Crippen LogP contribution in [0.15, 0.2) is 36.7 Å². The van der Waals surface area contributed by atoms with Crippen LogP contribution in [0.2, 0.25) is 0 Å². The number of nitrogens with one attached hydrogen (secondary N) is 1. The Bertz CT molecular complexity index is 837. The van der Waals surface area contributed by atoms with Crippen molar-refractivity contribution in [1.29, 1.82) is 0 Å². The van der Waals surface area contributed by atoms with E-state index in [-0.39, 0.29) is 5.56 Å². The highest BCUT2D eigenvalue weighted by Gasteiger charge is 2.38. The lowest BCUT2D eigenvalue weighted by molar-refractivity contribution is -0.138. The molecule has 1 atom stereocenters. The Morgan fingerprint density at radius 1 is 1.22 bits per heavy atom. The normalized spacial score (nSPS) is 20.6. The Morgan fingerprint density at radius 3 is 2.70 bits per heavy atom. The maximum Gasteiger partial charge on any atom is 0.418 e. The minimum absolute atomic E-state index is 0.0869. The summed E-state index contributed by atoms with van der Waals surface area (Å²) in [5.74, 6) is 0.257. The molecular weight excluding hydrogens is 357 g/mol. The molecule has 0 bridgehead atoms. The number of piperazine rings is 1. The molecule has 5 nitrogen and oxygen atoms in total. The molecule has 1 aliphatic carbocycles. The van der Waals surface area contributed by atoms with Gasteiger partial charge in [-0.05, 0) is 43.0 Å². The topological polar surface area (TPSA) is 58.1 Å². The van der Waals surface area contributed by atoms with Gasteiger partial charge in [0.25, 0.3) is 0 Å². The first-order chi connectivity index (χ1) is 12.9. The lowest BCUT2D eigenvalue weighted by Crippen LogP contribution is -2.52. The number of halogens is 3. The van der Waals surface area contributed by atoms with E-state index < -0.39 is 23.2 Å². The second kappa shape index (κ2) is 6.92. The number of carbonyl (C=O) groups is 1. The highest BCUT2D eigenvalue weighted by molar-refractivity contribution is 6.08. The SMILES string of the molecule is O=C(c1cccnc1)c1nc(N2CCNC(C3CC3)C2)ccc1C(F)(F)F. The van der Waals surface area contributed by atoms with Crippen LogP contribution in [0.25, 0.3) is 0 Å². The third kappa shape index (κ3) is 3.80. The average molecular weight is 376 g/mol. The molecule has 2 aliphatic rings. The van der Waals surface area contributed by atoms with E-state index >= 15 is 0 Å². The molecule has 1 unspecified atom stereocenters. The molecule has 0 radical (unpaired) electrons. The Morgan fingerprint density at radius 2 is 2.04 bits per heavy atom. The summed E-state index contributed by atoms with van der Waals surface area (Å²) in [6.45, 7) is 2.07. The van der Waals surface area contributed by atoms with Gasteiger partial charge >= 0.3 is 6.18 Å². The monoisotopic (exact) mass is 376 g/mol. The predicted octanol–water partition coefficient (Wildman–Crippen LogP) is 2.91. The molecule has 3 heterocycles. The van der Waals surface area contributed by atoms with Crippen molar-refractivity contribution in [1.82, 2.24) is 15.3 Å². The van der Waals surface area contributed by atoms with E-state index in [2.05, 4.69) is 15.3 Å². The largest absolute Gasteiger partial charge is 0.418 e. The molecule has 1 N–H and O–H groups in total. The molecule has 1 saturated carbocycles. The maximum absolute atomic E-state index is 13.4. The summed E-state index contributed by atoms with van der Waals surface area (Å²) in [7, 11) is 0. The number of rotatable bonds is 4. The molecule has 0 spiro atoms. The van der Waals surface area contributed by atoms with Gasteiger partial charge in [-0.1, -0.05) is 0 Å². The summed E-state index contributed by atoms with van der Waals surface area (Å²) in [6.07, 6.45) is 0.418. The van der Waals surface area contributed by atoms with E-state index in [1.54, 1.807) is 0 Å². The number of alkyl halides is 3. The van der Waals surface area contributed by atoms with Crippen molar-refractivity contribution in [2.75, 3.05) is 24.5 Å². The number of carbonyl (C=O) groups excluding carboxylic acids is 1. The van der Waals surface area contributed by atoms with Gasteiger partial charge in [0.15, 0.2) is 0 Å². The summed E-state index contributed by atoms with van der Waals surface area (Å²) < 4.78 is 40.3. The summed E-state index contributed by atoms with van der Waals surface area (Å²) in [5.41, 5.74) is -1.51. The molecule has 8 heteroatoms. The molecule has 142 valence electrons. The number of hydrogen-bond acceptors (Lipinski definition) is 5. The van der Waals surface area contributed by atoms with Crippen molar-refractivity contribution in [2.24, 2.45) is 5.92 Å². The fraction of sp³-hybridized carbons (Fsp3) is 0.421. The van der Waals surface area contributed by atoms with Crippen molar-refractivity contribution < 1.29 is 18.0 Å². The van der Waals surface area contributed by atoms with Gasteiger partial charge in [0.2, 0.25) is 5.78 Å². The van der Waals surface area contributed by atoms with Crippen LogP contribution in [0.1, 0.15) is 34.5 Å². The second-order valence-electron chi connectivity index (χ2n) is 6.98. The van der Waals surface area contributed by atoms with Gasteiger partial charge < -0.3 is 10.2 Å². The molecule has 1 saturated heterocycles. The molecular formula is C19H19F3N4O. The van der Waals surface area contributed by atoms with E-state index in [0.29, 0.717) is 30.9 Å². The Kier molecular flexibility index (Phi) is 4.59. The van der Waals surface area contributed by atoms with Crippen LogP contribution in [-0.2, 0) is 6.18 Å². The summed E-state index contributed by atoms with van der Waals surface area (Å²) >= 11 is 0. The van der Waals surface area contributed by atoms with Crippen molar-refractivity contribution in [2.45, 2.75) is 25.1 Å². The minimum atomic E-state index is -4.65. The van der Waals surface area contributed by atoms with Crippen LogP contribution in [0.5, 0.6) is 0 Å². The minimum Gasteiger partial charge on any atom is -0.354 e. The van der Waals surface area contributed by atoms with Crippen LogP contribution in [0.3, 0.4) is 0 Å². The fourth-order valence-electron chi connectivity index (χ4n) is 3.46. The molecule has 0 aromatic carbocycles. The highest BCUT2D eigenvalue weighted by Crippen LogP contribution is 2.36. The lowest BCUT2D eigenvalue weighted by Gasteiger charge is -2.35. The number of anilines is 1. The zero-order chi connectivity index (χ0) is 19.0. The van der Waals surface area contributed by atoms with Gasteiger partial charge in [-0.3, -0.25) is 9.78 Å². The Balaban J connectivity index is 1.69. The molecule has 2 aromatic heterocycles. The first-order valence-electron chi connectivity index (χ1n) is 8.95. The second-order valence-corrected chi connectivity index (χ2v) is 6.98. The van der Waals surface area contributed by atoms with Gasteiger partial charge in [-0.15, -0.1) is 0 Å². The van der Waals surface area contributed by atoms with Gasteiger partial charge in [-0.2, -0.15) is 13.2 Å². The van der Waals surface area contributed by atoms with Crippen LogP contribution >= 0.6 is 0 Å². The summed E-state index contributed by atoms with van der Waals surface area (Å²) in [5, 5.41) is 3.45. The van der Waals surface area contributed by atoms with Crippen molar-refractivity contribution in [3.8, 4) is 0 Å². The van der Waals surface area contributed by atoms with E-state index in [4.69, 9.17) is 0 Å². The third-order valence-electron chi connectivity index (χ3n) is 5.05. The first kappa shape index (κ1) is 17.9. The molecule has 0 amide bonds. The van der Waals surface area contributed by atoms with Gasteiger partial charge in [-0.25, -0.2) is 4.98 Å². The molecule has 2 aromatic rings. The Labute approximate surface area is 154 Å². The van der Waals surface area contributed by atoms with E-state index in [1.165, 1.54) is 43.4 Å². The number of nitrogens with zero attached hydrogens (tertiary/aromatic N) is 3. The number of ketones is 1. The highest BCUT2D eigenvalue weighted by atomic mass is 19.4. The first-order valence-corrected chi connectivity index (χ1v) is 8.95. The number of pyridine rings is 2. The number of aromatic nitrogens is 2. The summed E-state index contributed by atoms with van der Waals surface area (Å²) in [4.78, 5) is 22.6. The van der Waals surface area contributed by atoms with E-state index in [1.807, 2.05) is 4.90 Å².